The maximum absolute atomic E-state index is 12.7. The molecule has 0 radical (unpaired) electrons. The van der Waals surface area contributed by atoms with Crippen LogP contribution >= 0.6 is 23.1 Å². The lowest BCUT2D eigenvalue weighted by Crippen LogP contribution is -2.48. The van der Waals surface area contributed by atoms with Crippen molar-refractivity contribution < 1.29 is 9.59 Å². The number of hydrogen-bond acceptors (Lipinski definition) is 7. The number of aryl methyl sites for hydroxylation is 2. The molecule has 1 saturated heterocycles. The van der Waals surface area contributed by atoms with Crippen molar-refractivity contribution in [3.05, 3.63) is 64.7 Å². The predicted molar refractivity (Wildman–Crippen MR) is 130 cm³/mol. The lowest BCUT2D eigenvalue weighted by Gasteiger charge is -2.36. The molecular formula is C23H25N5O2S2. The maximum Gasteiger partial charge on any atom is 0.253 e. The van der Waals surface area contributed by atoms with Crippen molar-refractivity contribution >= 4 is 46.3 Å². The molecule has 2 amide bonds. The zero-order valence-electron chi connectivity index (χ0n) is 18.1. The Bertz CT molecular complexity index is 1070. The topological polar surface area (TPSA) is 78.4 Å². The van der Waals surface area contributed by atoms with Crippen LogP contribution in [0.15, 0.2) is 52.9 Å². The second-order valence-corrected chi connectivity index (χ2v) is 10.0. The SMILES string of the molecule is Cc1ccc(C(=O)N2CCN(c3ccc(NC(=O)CSc4nnc(C)s4)cc3)CC2)cc1. The Balaban J connectivity index is 1.26. The minimum Gasteiger partial charge on any atom is -0.368 e. The van der Waals surface area contributed by atoms with Gasteiger partial charge in [0.05, 0.1) is 5.75 Å². The van der Waals surface area contributed by atoms with E-state index in [0.717, 1.165) is 44.9 Å². The molecule has 0 aliphatic carbocycles. The Morgan fingerprint density at radius 1 is 0.969 bits per heavy atom. The predicted octanol–water partition coefficient (Wildman–Crippen LogP) is 3.85. The van der Waals surface area contributed by atoms with Gasteiger partial charge in [-0.15, -0.1) is 10.2 Å². The molecule has 1 aromatic heterocycles. The third-order valence-electron chi connectivity index (χ3n) is 5.22. The second kappa shape index (κ2) is 10.1. The van der Waals surface area contributed by atoms with E-state index < -0.39 is 0 Å². The number of carbonyl (C=O) groups is 2. The Kier molecular flexibility index (Phi) is 7.06. The summed E-state index contributed by atoms with van der Waals surface area (Å²) in [5.74, 6) is 0.316. The van der Waals surface area contributed by atoms with Gasteiger partial charge in [-0.1, -0.05) is 40.8 Å². The van der Waals surface area contributed by atoms with E-state index in [9.17, 15) is 9.59 Å². The number of thioether (sulfide) groups is 1. The Labute approximate surface area is 195 Å². The zero-order chi connectivity index (χ0) is 22.5. The quantitative estimate of drug-likeness (QED) is 0.555. The fourth-order valence-corrected chi connectivity index (χ4v) is 5.08. The van der Waals surface area contributed by atoms with E-state index >= 15 is 0 Å². The van der Waals surface area contributed by atoms with E-state index in [1.54, 1.807) is 0 Å². The molecule has 2 aromatic carbocycles. The van der Waals surface area contributed by atoms with E-state index in [0.29, 0.717) is 18.8 Å². The first-order valence-corrected chi connectivity index (χ1v) is 12.2. The minimum absolute atomic E-state index is 0.0705. The summed E-state index contributed by atoms with van der Waals surface area (Å²) >= 11 is 2.87. The minimum atomic E-state index is -0.0705. The average Bonchev–Trinajstić information content (AvgIpc) is 3.23. The highest BCUT2D eigenvalue weighted by Gasteiger charge is 2.22. The van der Waals surface area contributed by atoms with Crippen LogP contribution in [0.5, 0.6) is 0 Å². The molecule has 9 heteroatoms. The van der Waals surface area contributed by atoms with Crippen LogP contribution in [0.25, 0.3) is 0 Å². The lowest BCUT2D eigenvalue weighted by atomic mass is 10.1. The van der Waals surface area contributed by atoms with Crippen LogP contribution in [0.4, 0.5) is 11.4 Å². The summed E-state index contributed by atoms with van der Waals surface area (Å²) in [6.45, 7) is 6.85. The summed E-state index contributed by atoms with van der Waals surface area (Å²) < 4.78 is 0.799. The Hall–Kier alpha value is -2.91. The van der Waals surface area contributed by atoms with Gasteiger partial charge in [0, 0.05) is 43.1 Å². The Morgan fingerprint density at radius 3 is 2.28 bits per heavy atom. The highest BCUT2D eigenvalue weighted by Crippen LogP contribution is 2.23. The maximum atomic E-state index is 12.7. The van der Waals surface area contributed by atoms with Gasteiger partial charge >= 0.3 is 0 Å². The highest BCUT2D eigenvalue weighted by atomic mass is 32.2. The van der Waals surface area contributed by atoms with Crippen LogP contribution in [-0.4, -0.2) is 58.8 Å². The van der Waals surface area contributed by atoms with Gasteiger partial charge in [0.1, 0.15) is 5.01 Å². The van der Waals surface area contributed by atoms with E-state index in [1.165, 1.54) is 23.1 Å². The molecule has 1 aliphatic rings. The molecule has 32 heavy (non-hydrogen) atoms. The van der Waals surface area contributed by atoms with Crippen LogP contribution in [0.2, 0.25) is 0 Å². The van der Waals surface area contributed by atoms with Gasteiger partial charge in [-0.25, -0.2) is 0 Å². The van der Waals surface area contributed by atoms with Crippen LogP contribution in [0.3, 0.4) is 0 Å². The fourth-order valence-electron chi connectivity index (χ4n) is 3.46. The van der Waals surface area contributed by atoms with Gasteiger partial charge in [0.2, 0.25) is 5.91 Å². The fraction of sp³-hybridized carbons (Fsp3) is 0.304. The highest BCUT2D eigenvalue weighted by molar-refractivity contribution is 8.01. The van der Waals surface area contributed by atoms with Crippen LogP contribution in [-0.2, 0) is 4.79 Å². The molecule has 1 fully saturated rings. The summed E-state index contributed by atoms with van der Waals surface area (Å²) in [4.78, 5) is 29.1. The van der Waals surface area contributed by atoms with Crippen LogP contribution in [0, 0.1) is 13.8 Å². The van der Waals surface area contributed by atoms with Gasteiger partial charge < -0.3 is 15.1 Å². The zero-order valence-corrected chi connectivity index (χ0v) is 19.7. The number of nitrogens with zero attached hydrogens (tertiary/aromatic N) is 4. The van der Waals surface area contributed by atoms with Gasteiger partial charge in [0.25, 0.3) is 5.91 Å². The molecule has 1 aliphatic heterocycles. The van der Waals surface area contributed by atoms with Crippen molar-refractivity contribution in [2.45, 2.75) is 18.2 Å². The number of amides is 2. The van der Waals surface area contributed by atoms with E-state index in [1.807, 2.05) is 67.3 Å². The van der Waals surface area contributed by atoms with E-state index in [2.05, 4.69) is 20.4 Å². The van der Waals surface area contributed by atoms with Crippen molar-refractivity contribution in [2.24, 2.45) is 0 Å². The molecule has 1 N–H and O–H groups in total. The number of carbonyl (C=O) groups excluding carboxylic acids is 2. The summed E-state index contributed by atoms with van der Waals surface area (Å²) in [6, 6.07) is 15.6. The average molecular weight is 468 g/mol. The molecule has 0 spiro atoms. The first-order valence-electron chi connectivity index (χ1n) is 10.4. The molecule has 0 bridgehead atoms. The number of rotatable bonds is 6. The number of aromatic nitrogens is 2. The number of nitrogens with one attached hydrogen (secondary N) is 1. The molecule has 2 heterocycles. The first kappa shape index (κ1) is 22.3. The van der Waals surface area contributed by atoms with E-state index in [-0.39, 0.29) is 11.8 Å². The molecule has 0 atom stereocenters. The molecule has 7 nitrogen and oxygen atoms in total. The molecule has 166 valence electrons. The molecule has 4 rings (SSSR count). The summed E-state index contributed by atoms with van der Waals surface area (Å²) in [5.41, 5.74) is 3.74. The van der Waals surface area contributed by atoms with E-state index in [4.69, 9.17) is 0 Å². The third-order valence-corrected chi connectivity index (χ3v) is 7.19. The van der Waals surface area contributed by atoms with Gasteiger partial charge in [-0.05, 0) is 50.2 Å². The van der Waals surface area contributed by atoms with Crippen molar-refractivity contribution in [3.63, 3.8) is 0 Å². The standard InChI is InChI=1S/C23H25N5O2S2/c1-16-3-5-18(6-4-16)22(30)28-13-11-27(12-14-28)20-9-7-19(8-10-20)24-21(29)15-31-23-26-25-17(2)32-23/h3-10H,11-15H2,1-2H3,(H,24,29). The number of anilines is 2. The molecule has 0 unspecified atom stereocenters. The lowest BCUT2D eigenvalue weighted by molar-refractivity contribution is -0.113. The monoisotopic (exact) mass is 467 g/mol. The Morgan fingerprint density at radius 2 is 1.66 bits per heavy atom. The number of hydrogen-bond donors (Lipinski definition) is 1. The smallest absolute Gasteiger partial charge is 0.253 e. The molecule has 0 saturated carbocycles. The molecular weight excluding hydrogens is 442 g/mol. The summed E-state index contributed by atoms with van der Waals surface area (Å²) in [5, 5.41) is 11.8. The number of benzene rings is 2. The van der Waals surface area contributed by atoms with Crippen molar-refractivity contribution in [2.75, 3.05) is 42.1 Å². The normalized spacial score (nSPS) is 13.8. The third kappa shape index (κ3) is 5.66. The van der Waals surface area contributed by atoms with Crippen molar-refractivity contribution in [1.29, 1.82) is 0 Å². The van der Waals surface area contributed by atoms with Gasteiger partial charge in [-0.3, -0.25) is 9.59 Å². The van der Waals surface area contributed by atoms with Gasteiger partial charge in [-0.2, -0.15) is 0 Å². The summed E-state index contributed by atoms with van der Waals surface area (Å²) in [6.07, 6.45) is 0. The molecule has 3 aromatic rings. The largest absolute Gasteiger partial charge is 0.368 e. The second-order valence-electron chi connectivity index (χ2n) is 7.62. The summed E-state index contributed by atoms with van der Waals surface area (Å²) in [7, 11) is 0. The van der Waals surface area contributed by atoms with Gasteiger partial charge in [0.15, 0.2) is 4.34 Å². The number of piperazine rings is 1. The first-order chi connectivity index (χ1) is 15.5. The van der Waals surface area contributed by atoms with Crippen molar-refractivity contribution in [3.8, 4) is 0 Å². The van der Waals surface area contributed by atoms with Crippen LogP contribution < -0.4 is 10.2 Å². The van der Waals surface area contributed by atoms with Crippen molar-refractivity contribution in [1.82, 2.24) is 15.1 Å². The van der Waals surface area contributed by atoms with Crippen LogP contribution in [0.1, 0.15) is 20.9 Å².